The van der Waals surface area contributed by atoms with Gasteiger partial charge in [-0.3, -0.25) is 9.36 Å². The zero-order valence-electron chi connectivity index (χ0n) is 16.3. The minimum absolute atomic E-state index is 0.0761. The fourth-order valence-electron chi connectivity index (χ4n) is 3.39. The number of benzene rings is 1. The number of nitrogens with zero attached hydrogens (tertiary/aromatic N) is 2. The molecule has 0 aliphatic carbocycles. The van der Waals surface area contributed by atoms with Gasteiger partial charge in [-0.15, -0.1) is 23.1 Å². The lowest BCUT2D eigenvalue weighted by Crippen LogP contribution is -2.26. The first-order chi connectivity index (χ1) is 12.7. The van der Waals surface area contributed by atoms with Crippen LogP contribution in [0.25, 0.3) is 15.9 Å². The number of hydrogen-bond acceptors (Lipinski definition) is 5. The van der Waals surface area contributed by atoms with Gasteiger partial charge in [0.05, 0.1) is 11.1 Å². The van der Waals surface area contributed by atoms with Gasteiger partial charge in [0.2, 0.25) is 0 Å². The van der Waals surface area contributed by atoms with Crippen LogP contribution in [0.3, 0.4) is 0 Å². The quantitative estimate of drug-likeness (QED) is 0.398. The van der Waals surface area contributed by atoms with E-state index >= 15 is 0 Å². The van der Waals surface area contributed by atoms with Crippen molar-refractivity contribution in [2.75, 3.05) is 0 Å². The molecule has 0 spiro atoms. The Morgan fingerprint density at radius 1 is 1.22 bits per heavy atom. The van der Waals surface area contributed by atoms with E-state index in [1.54, 1.807) is 23.1 Å². The normalized spacial score (nSPS) is 16.1. The van der Waals surface area contributed by atoms with Gasteiger partial charge in [0.25, 0.3) is 5.56 Å². The van der Waals surface area contributed by atoms with Crippen molar-refractivity contribution in [2.24, 2.45) is 0 Å². The second-order valence-electron chi connectivity index (χ2n) is 7.95. The molecular formula is C21H24N2OS3. The molecule has 0 saturated carbocycles. The smallest absolute Gasteiger partial charge is 0.267 e. The Labute approximate surface area is 172 Å². The molecule has 0 atom stereocenters. The molecule has 0 amide bonds. The van der Waals surface area contributed by atoms with Crippen LogP contribution in [0.2, 0.25) is 0 Å². The standard InChI is InChI=1S/C21H24N2OS3/c1-12(2)26-20-22-18-17(15-10-21(4,5)25-11-16(15)27-18)19(24)23(20)14-8-6-13(3)7-9-14/h6-9,12H,10-11H2,1-5H3. The SMILES string of the molecule is Cc1ccc(-n2c(SC(C)C)nc3sc4c(c3c2=O)CC(C)(C)SC4)cc1. The topological polar surface area (TPSA) is 34.9 Å². The van der Waals surface area contributed by atoms with Crippen LogP contribution in [0.1, 0.15) is 43.7 Å². The molecule has 6 heteroatoms. The van der Waals surface area contributed by atoms with Gasteiger partial charge in [-0.2, -0.15) is 0 Å². The van der Waals surface area contributed by atoms with Crippen LogP contribution < -0.4 is 5.56 Å². The summed E-state index contributed by atoms with van der Waals surface area (Å²) in [6.45, 7) is 10.9. The summed E-state index contributed by atoms with van der Waals surface area (Å²) in [5, 5.41) is 1.98. The van der Waals surface area contributed by atoms with Crippen molar-refractivity contribution in [1.29, 1.82) is 0 Å². The average molecular weight is 417 g/mol. The van der Waals surface area contributed by atoms with Gasteiger partial charge < -0.3 is 0 Å². The van der Waals surface area contributed by atoms with Crippen molar-refractivity contribution in [2.45, 2.75) is 61.9 Å². The maximum atomic E-state index is 13.7. The average Bonchev–Trinajstić information content (AvgIpc) is 2.92. The first-order valence-corrected chi connectivity index (χ1v) is 11.9. The molecular weight excluding hydrogens is 392 g/mol. The summed E-state index contributed by atoms with van der Waals surface area (Å²) in [5.41, 5.74) is 3.38. The van der Waals surface area contributed by atoms with Crippen molar-refractivity contribution in [3.8, 4) is 5.69 Å². The van der Waals surface area contributed by atoms with Crippen LogP contribution in [0, 0.1) is 6.92 Å². The molecule has 1 aliphatic heterocycles. The summed E-state index contributed by atoms with van der Waals surface area (Å²) in [6, 6.07) is 8.15. The van der Waals surface area contributed by atoms with Crippen molar-refractivity contribution in [3.63, 3.8) is 0 Å². The van der Waals surface area contributed by atoms with Crippen molar-refractivity contribution < 1.29 is 0 Å². The third kappa shape index (κ3) is 3.59. The molecule has 142 valence electrons. The second kappa shape index (κ2) is 6.98. The minimum atomic E-state index is 0.0761. The maximum absolute atomic E-state index is 13.7. The summed E-state index contributed by atoms with van der Waals surface area (Å²) in [4.78, 5) is 20.9. The maximum Gasteiger partial charge on any atom is 0.267 e. The molecule has 0 saturated heterocycles. The predicted octanol–water partition coefficient (Wildman–Crippen LogP) is 5.82. The second-order valence-corrected chi connectivity index (χ2v) is 12.3. The first kappa shape index (κ1) is 19.1. The largest absolute Gasteiger partial charge is 0.268 e. The molecule has 3 aromatic rings. The van der Waals surface area contributed by atoms with Crippen molar-refractivity contribution in [1.82, 2.24) is 9.55 Å². The third-order valence-corrected chi connectivity index (χ3v) is 8.33. The minimum Gasteiger partial charge on any atom is -0.268 e. The summed E-state index contributed by atoms with van der Waals surface area (Å²) in [6.07, 6.45) is 0.925. The lowest BCUT2D eigenvalue weighted by atomic mass is 10.00. The zero-order valence-corrected chi connectivity index (χ0v) is 18.8. The van der Waals surface area contributed by atoms with E-state index in [4.69, 9.17) is 4.98 Å². The van der Waals surface area contributed by atoms with E-state index in [-0.39, 0.29) is 10.3 Å². The summed E-state index contributed by atoms with van der Waals surface area (Å²) < 4.78 is 1.97. The van der Waals surface area contributed by atoms with E-state index in [1.807, 2.05) is 28.5 Å². The van der Waals surface area contributed by atoms with E-state index < -0.39 is 0 Å². The Morgan fingerprint density at radius 2 is 1.93 bits per heavy atom. The third-order valence-electron chi connectivity index (χ3n) is 4.71. The van der Waals surface area contributed by atoms with Gasteiger partial charge in [0.15, 0.2) is 5.16 Å². The van der Waals surface area contributed by atoms with Crippen LogP contribution in [-0.4, -0.2) is 19.5 Å². The van der Waals surface area contributed by atoms with Gasteiger partial charge in [0, 0.05) is 20.6 Å². The molecule has 1 aliphatic rings. The lowest BCUT2D eigenvalue weighted by molar-refractivity contribution is 0.698. The molecule has 4 rings (SSSR count). The Bertz CT molecular complexity index is 1060. The Hall–Kier alpha value is -1.24. The Balaban J connectivity index is 2.01. The summed E-state index contributed by atoms with van der Waals surface area (Å²) >= 11 is 5.33. The molecule has 2 aromatic heterocycles. The van der Waals surface area contributed by atoms with Crippen LogP contribution in [0.15, 0.2) is 34.2 Å². The molecule has 3 heterocycles. The number of hydrogen-bond donors (Lipinski definition) is 0. The zero-order chi connectivity index (χ0) is 19.3. The van der Waals surface area contributed by atoms with Crippen molar-refractivity contribution >= 4 is 45.1 Å². The number of fused-ring (bicyclic) bond motifs is 3. The van der Waals surface area contributed by atoms with Gasteiger partial charge in [0.1, 0.15) is 4.83 Å². The van der Waals surface area contributed by atoms with Gasteiger partial charge >= 0.3 is 0 Å². The van der Waals surface area contributed by atoms with E-state index in [9.17, 15) is 4.79 Å². The van der Waals surface area contributed by atoms with Crippen molar-refractivity contribution in [3.05, 3.63) is 50.6 Å². The highest BCUT2D eigenvalue weighted by Crippen LogP contribution is 2.44. The number of aryl methyl sites for hydroxylation is 1. The molecule has 0 radical (unpaired) electrons. The van der Waals surface area contributed by atoms with Gasteiger partial charge in [-0.25, -0.2) is 4.98 Å². The first-order valence-electron chi connectivity index (χ1n) is 9.20. The van der Waals surface area contributed by atoms with E-state index in [1.165, 1.54) is 16.0 Å². The number of thioether (sulfide) groups is 2. The highest BCUT2D eigenvalue weighted by Gasteiger charge is 2.31. The molecule has 3 nitrogen and oxygen atoms in total. The fraction of sp³-hybridized carbons (Fsp3) is 0.429. The fourth-order valence-corrected chi connectivity index (χ4v) is 6.63. The molecule has 0 unspecified atom stereocenters. The van der Waals surface area contributed by atoms with E-state index in [2.05, 4.69) is 46.8 Å². The summed E-state index contributed by atoms with van der Waals surface area (Å²) in [5.74, 6) is 0.972. The lowest BCUT2D eigenvalue weighted by Gasteiger charge is -2.28. The molecule has 0 fully saturated rings. The van der Waals surface area contributed by atoms with Gasteiger partial charge in [-0.05, 0) is 31.0 Å². The molecule has 0 bridgehead atoms. The highest BCUT2D eigenvalue weighted by atomic mass is 32.2. The van der Waals surface area contributed by atoms with E-state index in [0.29, 0.717) is 5.25 Å². The monoisotopic (exact) mass is 416 g/mol. The Morgan fingerprint density at radius 3 is 2.59 bits per heavy atom. The Kier molecular flexibility index (Phi) is 4.93. The van der Waals surface area contributed by atoms with Crippen LogP contribution >= 0.6 is 34.9 Å². The van der Waals surface area contributed by atoms with E-state index in [0.717, 1.165) is 33.2 Å². The highest BCUT2D eigenvalue weighted by molar-refractivity contribution is 8.00. The van der Waals surface area contributed by atoms with Crippen LogP contribution in [-0.2, 0) is 12.2 Å². The predicted molar refractivity (Wildman–Crippen MR) is 120 cm³/mol. The number of rotatable bonds is 3. The molecule has 27 heavy (non-hydrogen) atoms. The van der Waals surface area contributed by atoms with Crippen LogP contribution in [0.4, 0.5) is 0 Å². The van der Waals surface area contributed by atoms with Gasteiger partial charge in [-0.1, -0.05) is 57.2 Å². The molecule has 0 N–H and O–H groups in total. The number of thiophene rings is 1. The molecule has 1 aromatic carbocycles. The summed E-state index contributed by atoms with van der Waals surface area (Å²) in [7, 11) is 0. The van der Waals surface area contributed by atoms with Crippen LogP contribution in [0.5, 0.6) is 0 Å². The number of aromatic nitrogens is 2.